The fraction of sp³-hybridized carbons (Fsp3) is 0.241. The zero-order valence-corrected chi connectivity index (χ0v) is 20.3. The molecule has 1 aromatic heterocycles. The van der Waals surface area contributed by atoms with Crippen molar-refractivity contribution in [1.82, 2.24) is 14.8 Å². The van der Waals surface area contributed by atoms with E-state index in [1.54, 1.807) is 9.80 Å². The molecular formula is C29H26ClN3O2. The number of H-pyrrole nitrogens is 1. The summed E-state index contributed by atoms with van der Waals surface area (Å²) in [7, 11) is 0. The number of hydrogen-bond donors (Lipinski definition) is 1. The third-order valence-electron chi connectivity index (χ3n) is 7.60. The minimum Gasteiger partial charge on any atom is -0.356 e. The van der Waals surface area contributed by atoms with Crippen LogP contribution in [0.4, 0.5) is 0 Å². The van der Waals surface area contributed by atoms with E-state index in [9.17, 15) is 9.59 Å². The summed E-state index contributed by atoms with van der Waals surface area (Å²) in [5.41, 5.74) is 4.03. The predicted molar refractivity (Wildman–Crippen MR) is 137 cm³/mol. The van der Waals surface area contributed by atoms with Crippen LogP contribution in [0.25, 0.3) is 10.9 Å². The molecule has 0 bridgehead atoms. The number of carbonyl (C=O) groups excluding carboxylic acids is 2. The quantitative estimate of drug-likeness (QED) is 0.439. The average molecular weight is 484 g/mol. The smallest absolute Gasteiger partial charge is 0.254 e. The molecule has 35 heavy (non-hydrogen) atoms. The molecule has 6 rings (SSSR count). The van der Waals surface area contributed by atoms with Gasteiger partial charge in [0.15, 0.2) is 5.54 Å². The lowest BCUT2D eigenvalue weighted by atomic mass is 9.76. The van der Waals surface area contributed by atoms with Gasteiger partial charge in [-0.05, 0) is 48.2 Å². The summed E-state index contributed by atoms with van der Waals surface area (Å²) in [4.78, 5) is 34.7. The lowest BCUT2D eigenvalue weighted by Crippen LogP contribution is -2.67. The van der Waals surface area contributed by atoms with Gasteiger partial charge in [0.2, 0.25) is 5.91 Å². The van der Waals surface area contributed by atoms with Crippen molar-refractivity contribution >= 4 is 34.3 Å². The van der Waals surface area contributed by atoms with Crippen LogP contribution < -0.4 is 0 Å². The minimum atomic E-state index is -1.08. The van der Waals surface area contributed by atoms with Crippen LogP contribution in [0, 0.1) is 0 Å². The Morgan fingerprint density at radius 3 is 2.46 bits per heavy atom. The number of para-hydroxylation sites is 1. The maximum Gasteiger partial charge on any atom is 0.254 e. The van der Waals surface area contributed by atoms with E-state index >= 15 is 0 Å². The number of nitrogens with zero attached hydrogens (tertiary/aromatic N) is 2. The van der Waals surface area contributed by atoms with Crippen molar-refractivity contribution in [3.05, 3.63) is 106 Å². The van der Waals surface area contributed by atoms with Crippen molar-refractivity contribution in [2.24, 2.45) is 0 Å². The zero-order chi connectivity index (χ0) is 24.2. The number of halogens is 1. The zero-order valence-electron chi connectivity index (χ0n) is 19.5. The highest BCUT2D eigenvalue weighted by Crippen LogP contribution is 2.48. The first kappa shape index (κ1) is 21.9. The molecular weight excluding hydrogens is 458 g/mol. The second kappa shape index (κ2) is 8.28. The topological polar surface area (TPSA) is 56.4 Å². The highest BCUT2D eigenvalue weighted by atomic mass is 35.5. The van der Waals surface area contributed by atoms with Crippen molar-refractivity contribution in [3.8, 4) is 0 Å². The first-order valence-corrected chi connectivity index (χ1v) is 12.3. The SMILES string of the molecule is C[C@]12C(=O)N(CCc3ccccc3)CC(=O)N1C[C@H](c1ccc(Cl)cc1)c1c2[nH]c2ccccc12. The highest BCUT2D eigenvalue weighted by Gasteiger charge is 2.56. The lowest BCUT2D eigenvalue weighted by Gasteiger charge is -2.51. The normalized spacial score (nSPS) is 21.8. The lowest BCUT2D eigenvalue weighted by molar-refractivity contribution is -0.166. The third kappa shape index (κ3) is 3.45. The number of hydrogen-bond acceptors (Lipinski definition) is 2. The molecule has 2 atom stereocenters. The molecule has 1 N–H and O–H groups in total. The molecule has 2 amide bonds. The van der Waals surface area contributed by atoms with Crippen LogP contribution in [0.15, 0.2) is 78.9 Å². The van der Waals surface area contributed by atoms with Gasteiger partial charge in [0, 0.05) is 34.9 Å². The van der Waals surface area contributed by atoms with Crippen molar-refractivity contribution in [2.45, 2.75) is 24.8 Å². The summed E-state index contributed by atoms with van der Waals surface area (Å²) < 4.78 is 0. The molecule has 1 saturated heterocycles. The summed E-state index contributed by atoms with van der Waals surface area (Å²) in [6.45, 7) is 2.95. The maximum absolute atomic E-state index is 14.1. The van der Waals surface area contributed by atoms with E-state index in [0.717, 1.165) is 33.3 Å². The number of piperazine rings is 1. The van der Waals surface area contributed by atoms with Crippen LogP contribution in [-0.4, -0.2) is 46.2 Å². The molecule has 5 nitrogen and oxygen atoms in total. The van der Waals surface area contributed by atoms with Crippen LogP contribution in [0.5, 0.6) is 0 Å². The molecule has 2 aliphatic heterocycles. The first-order chi connectivity index (χ1) is 17.0. The van der Waals surface area contributed by atoms with E-state index < -0.39 is 5.54 Å². The van der Waals surface area contributed by atoms with Crippen LogP contribution in [0.1, 0.15) is 35.2 Å². The molecule has 0 spiro atoms. The van der Waals surface area contributed by atoms with E-state index in [0.29, 0.717) is 24.5 Å². The number of benzene rings is 3. The van der Waals surface area contributed by atoms with Gasteiger partial charge in [-0.2, -0.15) is 0 Å². The molecule has 0 aliphatic carbocycles. The Balaban J connectivity index is 1.45. The Kier molecular flexibility index (Phi) is 5.19. The van der Waals surface area contributed by atoms with E-state index in [2.05, 4.69) is 23.2 Å². The Morgan fingerprint density at radius 1 is 0.971 bits per heavy atom. The molecule has 0 radical (unpaired) electrons. The summed E-state index contributed by atoms with van der Waals surface area (Å²) in [5, 5.41) is 1.76. The largest absolute Gasteiger partial charge is 0.356 e. The number of fused-ring (bicyclic) bond motifs is 5. The Bertz CT molecular complexity index is 1430. The van der Waals surface area contributed by atoms with Crippen molar-refractivity contribution < 1.29 is 9.59 Å². The average Bonchev–Trinajstić information content (AvgIpc) is 3.28. The number of carbonyl (C=O) groups is 2. The third-order valence-corrected chi connectivity index (χ3v) is 7.85. The van der Waals surface area contributed by atoms with Gasteiger partial charge in [0.25, 0.3) is 5.91 Å². The van der Waals surface area contributed by atoms with Gasteiger partial charge in [-0.15, -0.1) is 0 Å². The second-order valence-electron chi connectivity index (χ2n) is 9.60. The molecule has 1 fully saturated rings. The van der Waals surface area contributed by atoms with Gasteiger partial charge < -0.3 is 14.8 Å². The van der Waals surface area contributed by atoms with Gasteiger partial charge in [-0.3, -0.25) is 9.59 Å². The van der Waals surface area contributed by atoms with Crippen LogP contribution in [0.3, 0.4) is 0 Å². The van der Waals surface area contributed by atoms with E-state index in [-0.39, 0.29) is 24.3 Å². The fourth-order valence-corrected chi connectivity index (χ4v) is 5.89. The van der Waals surface area contributed by atoms with Crippen LogP contribution in [-0.2, 0) is 21.5 Å². The summed E-state index contributed by atoms with van der Waals surface area (Å²) in [5.74, 6) is -0.113. The molecule has 3 aromatic carbocycles. The van der Waals surface area contributed by atoms with Crippen LogP contribution >= 0.6 is 11.6 Å². The standard InChI is InChI=1S/C29H26ClN3O2/c1-29-27-26(22-9-5-6-10-24(22)31-27)23(20-11-13-21(30)14-12-20)17-33(29)25(34)18-32(28(29)35)16-15-19-7-3-2-4-8-19/h2-14,23,31H,15-18H2,1H3/t23-,29+/m1/s1. The number of nitrogens with one attached hydrogen (secondary N) is 1. The van der Waals surface area contributed by atoms with E-state index in [1.807, 2.05) is 67.6 Å². The van der Waals surface area contributed by atoms with Gasteiger partial charge in [-0.25, -0.2) is 0 Å². The summed E-state index contributed by atoms with van der Waals surface area (Å²) >= 11 is 6.17. The molecule has 3 heterocycles. The molecule has 176 valence electrons. The second-order valence-corrected chi connectivity index (χ2v) is 10.0. The molecule has 4 aromatic rings. The van der Waals surface area contributed by atoms with Gasteiger partial charge in [-0.1, -0.05) is 72.3 Å². The molecule has 2 aliphatic rings. The van der Waals surface area contributed by atoms with Crippen molar-refractivity contribution in [1.29, 1.82) is 0 Å². The summed E-state index contributed by atoms with van der Waals surface area (Å²) in [6, 6.07) is 26.0. The Morgan fingerprint density at radius 2 is 1.69 bits per heavy atom. The number of rotatable bonds is 4. The number of aromatic nitrogens is 1. The van der Waals surface area contributed by atoms with Gasteiger partial charge >= 0.3 is 0 Å². The van der Waals surface area contributed by atoms with E-state index in [1.165, 1.54) is 0 Å². The minimum absolute atomic E-state index is 0.0246. The molecule has 0 unspecified atom stereocenters. The van der Waals surface area contributed by atoms with E-state index in [4.69, 9.17) is 11.6 Å². The molecule has 0 saturated carbocycles. The highest BCUT2D eigenvalue weighted by molar-refractivity contribution is 6.30. The van der Waals surface area contributed by atoms with Gasteiger partial charge in [0.1, 0.15) is 0 Å². The van der Waals surface area contributed by atoms with Crippen LogP contribution in [0.2, 0.25) is 5.02 Å². The monoisotopic (exact) mass is 483 g/mol. The Labute approximate surface area is 209 Å². The predicted octanol–water partition coefficient (Wildman–Crippen LogP) is 5.10. The first-order valence-electron chi connectivity index (χ1n) is 12.0. The Hall–Kier alpha value is -3.57. The maximum atomic E-state index is 14.1. The number of aromatic amines is 1. The van der Waals surface area contributed by atoms with Gasteiger partial charge in [0.05, 0.1) is 12.2 Å². The molecule has 6 heteroatoms. The van der Waals surface area contributed by atoms with Crippen molar-refractivity contribution in [2.75, 3.05) is 19.6 Å². The van der Waals surface area contributed by atoms with Crippen molar-refractivity contribution in [3.63, 3.8) is 0 Å². The summed E-state index contributed by atoms with van der Waals surface area (Å²) in [6.07, 6.45) is 0.711. The fourth-order valence-electron chi connectivity index (χ4n) is 5.76. The number of amides is 2.